The van der Waals surface area contributed by atoms with E-state index in [4.69, 9.17) is 0 Å². The van der Waals surface area contributed by atoms with E-state index in [2.05, 4.69) is 21.6 Å². The van der Waals surface area contributed by atoms with Crippen molar-refractivity contribution in [1.82, 2.24) is 10.2 Å². The molecule has 0 saturated carbocycles. The molecule has 0 atom stereocenters. The Morgan fingerprint density at radius 1 is 1.08 bits per heavy atom. The fourth-order valence-electron chi connectivity index (χ4n) is 2.11. The fourth-order valence-corrected chi connectivity index (χ4v) is 3.78. The van der Waals surface area contributed by atoms with Crippen LogP contribution < -0.4 is 5.32 Å². The molecule has 1 heterocycles. The molecule has 24 heavy (non-hydrogen) atoms. The number of aromatic nitrogens is 2. The monoisotopic (exact) mass is 355 g/mol. The van der Waals surface area contributed by atoms with Crippen LogP contribution in [0.1, 0.15) is 21.5 Å². The third kappa shape index (κ3) is 4.43. The Labute approximate surface area is 149 Å². The van der Waals surface area contributed by atoms with E-state index in [-0.39, 0.29) is 5.78 Å². The summed E-state index contributed by atoms with van der Waals surface area (Å²) < 4.78 is 0.783. The summed E-state index contributed by atoms with van der Waals surface area (Å²) in [4.78, 5) is 12.2. The summed E-state index contributed by atoms with van der Waals surface area (Å²) in [5.41, 5.74) is 4.05. The maximum absolute atomic E-state index is 12.2. The van der Waals surface area contributed by atoms with Crippen molar-refractivity contribution < 1.29 is 4.79 Å². The lowest BCUT2D eigenvalue weighted by Crippen LogP contribution is -2.01. The lowest BCUT2D eigenvalue weighted by atomic mass is 10.1. The molecule has 0 amide bonds. The van der Waals surface area contributed by atoms with Gasteiger partial charge in [0.1, 0.15) is 0 Å². The van der Waals surface area contributed by atoms with E-state index in [0.717, 1.165) is 26.3 Å². The minimum absolute atomic E-state index is 0.100. The van der Waals surface area contributed by atoms with E-state index in [1.807, 2.05) is 56.3 Å². The highest BCUT2D eigenvalue weighted by molar-refractivity contribution is 8.01. The number of nitrogens with one attached hydrogen (secondary N) is 1. The van der Waals surface area contributed by atoms with Crippen molar-refractivity contribution in [3.05, 3.63) is 65.2 Å². The average Bonchev–Trinajstić information content (AvgIpc) is 3.01. The molecule has 0 aliphatic rings. The Morgan fingerprint density at radius 2 is 1.88 bits per heavy atom. The van der Waals surface area contributed by atoms with Crippen molar-refractivity contribution in [2.24, 2.45) is 0 Å². The zero-order chi connectivity index (χ0) is 16.9. The standard InChI is InChI=1S/C18H17N3OS2/c1-12-6-8-14(9-7-12)16(22)11-23-18-21-20-17(24-18)19-15-5-3-4-13(2)10-15/h3-10H,11H2,1-2H3,(H,19,20). The molecular formula is C18H17N3OS2. The summed E-state index contributed by atoms with van der Waals surface area (Å²) in [5.74, 6) is 0.464. The molecule has 6 heteroatoms. The highest BCUT2D eigenvalue weighted by Crippen LogP contribution is 2.28. The number of benzene rings is 2. The first-order valence-electron chi connectivity index (χ1n) is 7.50. The van der Waals surface area contributed by atoms with Crippen LogP contribution >= 0.6 is 23.1 Å². The summed E-state index contributed by atoms with van der Waals surface area (Å²) in [7, 11) is 0. The van der Waals surface area contributed by atoms with Crippen molar-refractivity contribution in [2.45, 2.75) is 18.2 Å². The molecule has 0 aliphatic heterocycles. The Morgan fingerprint density at radius 3 is 2.62 bits per heavy atom. The molecule has 1 aromatic heterocycles. The highest BCUT2D eigenvalue weighted by Gasteiger charge is 2.10. The van der Waals surface area contributed by atoms with Crippen LogP contribution in [0.15, 0.2) is 52.9 Å². The van der Waals surface area contributed by atoms with E-state index in [0.29, 0.717) is 5.75 Å². The Hall–Kier alpha value is -2.18. The number of Topliss-reactive ketones (excluding diaryl/α,β-unsaturated/α-hetero) is 1. The highest BCUT2D eigenvalue weighted by atomic mass is 32.2. The van der Waals surface area contributed by atoms with Gasteiger partial charge in [-0.25, -0.2) is 0 Å². The first kappa shape index (κ1) is 16.7. The number of anilines is 2. The van der Waals surface area contributed by atoms with Crippen LogP contribution in [0.2, 0.25) is 0 Å². The Kier molecular flexibility index (Phi) is 5.27. The number of hydrogen-bond donors (Lipinski definition) is 1. The number of hydrogen-bond acceptors (Lipinski definition) is 6. The van der Waals surface area contributed by atoms with E-state index in [9.17, 15) is 4.79 Å². The van der Waals surface area contributed by atoms with Gasteiger partial charge < -0.3 is 5.32 Å². The normalized spacial score (nSPS) is 10.6. The molecule has 0 fully saturated rings. The number of thioether (sulfide) groups is 1. The minimum atomic E-state index is 0.100. The number of aryl methyl sites for hydroxylation is 2. The molecule has 1 N–H and O–H groups in total. The van der Waals surface area contributed by atoms with Gasteiger partial charge in [-0.05, 0) is 31.5 Å². The Bertz CT molecular complexity index is 843. The third-order valence-electron chi connectivity index (χ3n) is 3.38. The summed E-state index contributed by atoms with van der Waals surface area (Å²) in [6.45, 7) is 4.05. The first-order chi connectivity index (χ1) is 11.6. The van der Waals surface area contributed by atoms with Crippen molar-refractivity contribution in [1.29, 1.82) is 0 Å². The lowest BCUT2D eigenvalue weighted by Gasteiger charge is -2.02. The van der Waals surface area contributed by atoms with Crippen LogP contribution in [0.3, 0.4) is 0 Å². The van der Waals surface area contributed by atoms with Gasteiger partial charge in [-0.15, -0.1) is 10.2 Å². The van der Waals surface area contributed by atoms with E-state index >= 15 is 0 Å². The number of rotatable bonds is 6. The first-order valence-corrected chi connectivity index (χ1v) is 9.30. The molecule has 0 spiro atoms. The molecule has 4 nitrogen and oxygen atoms in total. The van der Waals surface area contributed by atoms with E-state index < -0.39 is 0 Å². The largest absolute Gasteiger partial charge is 0.330 e. The van der Waals surface area contributed by atoms with Gasteiger partial charge in [0.05, 0.1) is 5.75 Å². The van der Waals surface area contributed by atoms with Gasteiger partial charge in [-0.1, -0.05) is 65.1 Å². The molecule has 0 bridgehead atoms. The molecule has 0 saturated heterocycles. The third-order valence-corrected chi connectivity index (χ3v) is 5.35. The molecule has 3 rings (SSSR count). The second kappa shape index (κ2) is 7.59. The van der Waals surface area contributed by atoms with Gasteiger partial charge in [0.15, 0.2) is 10.1 Å². The fraction of sp³-hybridized carbons (Fsp3) is 0.167. The van der Waals surface area contributed by atoms with Crippen LogP contribution in [0.5, 0.6) is 0 Å². The smallest absolute Gasteiger partial charge is 0.210 e. The number of ketones is 1. The van der Waals surface area contributed by atoms with Gasteiger partial charge in [0.25, 0.3) is 0 Å². The van der Waals surface area contributed by atoms with Crippen LogP contribution in [-0.4, -0.2) is 21.7 Å². The zero-order valence-electron chi connectivity index (χ0n) is 13.4. The lowest BCUT2D eigenvalue weighted by molar-refractivity contribution is 0.102. The average molecular weight is 355 g/mol. The van der Waals surface area contributed by atoms with Crippen molar-refractivity contribution in [2.75, 3.05) is 11.1 Å². The topological polar surface area (TPSA) is 54.9 Å². The van der Waals surface area contributed by atoms with Gasteiger partial charge in [-0.2, -0.15) is 0 Å². The predicted molar refractivity (Wildman–Crippen MR) is 101 cm³/mol. The van der Waals surface area contributed by atoms with E-state index in [1.54, 1.807) is 0 Å². The zero-order valence-corrected chi connectivity index (χ0v) is 15.1. The van der Waals surface area contributed by atoms with Crippen LogP contribution in [-0.2, 0) is 0 Å². The second-order valence-corrected chi connectivity index (χ2v) is 7.65. The molecule has 122 valence electrons. The van der Waals surface area contributed by atoms with Crippen molar-refractivity contribution in [3.63, 3.8) is 0 Å². The molecular weight excluding hydrogens is 338 g/mol. The van der Waals surface area contributed by atoms with Gasteiger partial charge in [0, 0.05) is 11.3 Å². The van der Waals surface area contributed by atoms with E-state index in [1.165, 1.54) is 28.7 Å². The molecule has 0 aliphatic carbocycles. The second-order valence-electron chi connectivity index (χ2n) is 5.45. The predicted octanol–water partition coefficient (Wildman–Crippen LogP) is 4.87. The maximum atomic E-state index is 12.2. The molecule has 3 aromatic rings. The SMILES string of the molecule is Cc1ccc(C(=O)CSc2nnc(Nc3cccc(C)c3)s2)cc1. The van der Waals surface area contributed by atoms with Gasteiger partial charge in [-0.3, -0.25) is 4.79 Å². The number of nitrogens with zero attached hydrogens (tertiary/aromatic N) is 2. The Balaban J connectivity index is 1.58. The van der Waals surface area contributed by atoms with Gasteiger partial charge >= 0.3 is 0 Å². The minimum Gasteiger partial charge on any atom is -0.330 e. The summed E-state index contributed by atoms with van der Waals surface area (Å²) in [5, 5.41) is 12.2. The summed E-state index contributed by atoms with van der Waals surface area (Å²) in [6.07, 6.45) is 0. The summed E-state index contributed by atoms with van der Waals surface area (Å²) in [6, 6.07) is 15.7. The van der Waals surface area contributed by atoms with Crippen molar-refractivity contribution >= 4 is 39.7 Å². The number of carbonyl (C=O) groups is 1. The summed E-state index contributed by atoms with van der Waals surface area (Å²) >= 11 is 2.87. The maximum Gasteiger partial charge on any atom is 0.210 e. The van der Waals surface area contributed by atoms with Crippen molar-refractivity contribution in [3.8, 4) is 0 Å². The molecule has 2 aromatic carbocycles. The quantitative estimate of drug-likeness (QED) is 0.505. The van der Waals surface area contributed by atoms with Gasteiger partial charge in [0.2, 0.25) is 5.13 Å². The van der Waals surface area contributed by atoms with Crippen LogP contribution in [0.4, 0.5) is 10.8 Å². The van der Waals surface area contributed by atoms with Crippen LogP contribution in [0.25, 0.3) is 0 Å². The number of carbonyl (C=O) groups excluding carboxylic acids is 1. The molecule has 0 radical (unpaired) electrons. The molecule has 0 unspecified atom stereocenters. The van der Waals surface area contributed by atoms with Crippen LogP contribution in [0, 0.1) is 13.8 Å².